The molecule has 3 rings (SSSR count). The molecule has 190 valence electrons. The Kier molecular flexibility index (Phi) is 8.28. The van der Waals surface area contributed by atoms with Crippen LogP contribution in [0.4, 0.5) is 11.4 Å². The number of benzene rings is 3. The summed E-state index contributed by atoms with van der Waals surface area (Å²) in [4.78, 5) is 24.1. The fraction of sp³-hybridized carbons (Fsp3) is 0.167. The van der Waals surface area contributed by atoms with Gasteiger partial charge in [-0.15, -0.1) is 0 Å². The van der Waals surface area contributed by atoms with Crippen LogP contribution in [0.3, 0.4) is 0 Å². The lowest BCUT2D eigenvalue weighted by molar-refractivity contribution is -0.114. The van der Waals surface area contributed by atoms with Crippen molar-refractivity contribution in [2.24, 2.45) is 5.73 Å². The van der Waals surface area contributed by atoms with Gasteiger partial charge in [-0.3, -0.25) is 13.9 Å². The number of rotatable bonds is 10. The summed E-state index contributed by atoms with van der Waals surface area (Å²) in [5.74, 6) is -0.570. The summed E-state index contributed by atoms with van der Waals surface area (Å²) in [7, 11) is -0.156. The highest BCUT2D eigenvalue weighted by molar-refractivity contribution is 7.92. The van der Waals surface area contributed by atoms with Crippen LogP contribution >= 0.6 is 11.6 Å². The first-order valence-corrected chi connectivity index (χ1v) is 12.2. The van der Waals surface area contributed by atoms with Gasteiger partial charge in [0.2, 0.25) is 11.8 Å². The second-order valence-electron chi connectivity index (χ2n) is 7.33. The summed E-state index contributed by atoms with van der Waals surface area (Å²) in [6, 6.07) is 14.3. The first kappa shape index (κ1) is 26.6. The maximum Gasteiger partial charge on any atom is 0.265 e. The van der Waals surface area contributed by atoms with Crippen molar-refractivity contribution in [1.82, 2.24) is 0 Å². The van der Waals surface area contributed by atoms with Gasteiger partial charge in [-0.05, 0) is 54.6 Å². The number of sulfonamides is 1. The molecule has 0 radical (unpaired) electrons. The molecule has 3 N–H and O–H groups in total. The SMILES string of the molecule is COc1ccc(S(=O)(=O)N(CC(=O)Nc2ccc(C(N)=O)cc2)c2cc(Cl)ccc2OC)cc1OC. The van der Waals surface area contributed by atoms with Crippen LogP contribution in [0.5, 0.6) is 17.2 Å². The Morgan fingerprint density at radius 1 is 0.889 bits per heavy atom. The Hall–Kier alpha value is -3.96. The molecular formula is C24H24ClN3O7S. The first-order chi connectivity index (χ1) is 17.1. The number of hydrogen-bond donors (Lipinski definition) is 2. The largest absolute Gasteiger partial charge is 0.495 e. The van der Waals surface area contributed by atoms with Crippen LogP contribution in [0.1, 0.15) is 10.4 Å². The Morgan fingerprint density at radius 2 is 1.50 bits per heavy atom. The number of amides is 2. The monoisotopic (exact) mass is 533 g/mol. The number of anilines is 2. The molecule has 0 aliphatic rings. The number of methoxy groups -OCH3 is 3. The number of carbonyl (C=O) groups is 2. The highest BCUT2D eigenvalue weighted by Gasteiger charge is 2.30. The molecule has 0 atom stereocenters. The van der Waals surface area contributed by atoms with Crippen LogP contribution in [-0.2, 0) is 14.8 Å². The summed E-state index contributed by atoms with van der Waals surface area (Å²) in [6.45, 7) is -0.620. The van der Waals surface area contributed by atoms with Crippen molar-refractivity contribution in [2.45, 2.75) is 4.90 Å². The highest BCUT2D eigenvalue weighted by Crippen LogP contribution is 2.37. The molecule has 36 heavy (non-hydrogen) atoms. The van der Waals surface area contributed by atoms with Gasteiger partial charge >= 0.3 is 0 Å². The minimum atomic E-state index is -4.33. The average Bonchev–Trinajstić information content (AvgIpc) is 2.87. The summed E-state index contributed by atoms with van der Waals surface area (Å²) in [6.07, 6.45) is 0. The van der Waals surface area contributed by atoms with Gasteiger partial charge in [-0.2, -0.15) is 0 Å². The van der Waals surface area contributed by atoms with E-state index in [1.54, 1.807) is 0 Å². The van der Waals surface area contributed by atoms with E-state index in [9.17, 15) is 18.0 Å². The van der Waals surface area contributed by atoms with E-state index in [4.69, 9.17) is 31.5 Å². The number of halogens is 1. The molecule has 0 unspecified atom stereocenters. The van der Waals surface area contributed by atoms with E-state index in [0.29, 0.717) is 11.4 Å². The molecule has 0 spiro atoms. The summed E-state index contributed by atoms with van der Waals surface area (Å²) in [5.41, 5.74) is 5.89. The van der Waals surface area contributed by atoms with E-state index in [2.05, 4.69) is 5.32 Å². The summed E-state index contributed by atoms with van der Waals surface area (Å²) < 4.78 is 44.2. The van der Waals surface area contributed by atoms with Crippen LogP contribution in [0.25, 0.3) is 0 Å². The molecule has 12 heteroatoms. The molecule has 0 heterocycles. The summed E-state index contributed by atoms with van der Waals surface area (Å²) in [5, 5.41) is 2.85. The Balaban J connectivity index is 2.03. The topological polar surface area (TPSA) is 137 Å². The number of carbonyl (C=O) groups excluding carboxylic acids is 2. The maximum atomic E-state index is 13.8. The second-order valence-corrected chi connectivity index (χ2v) is 9.63. The minimum absolute atomic E-state index is 0.0546. The van der Waals surface area contributed by atoms with E-state index in [1.165, 1.54) is 82.0 Å². The van der Waals surface area contributed by atoms with E-state index in [1.807, 2.05) is 0 Å². The Bertz CT molecular complexity index is 1380. The molecule has 0 aromatic heterocycles. The van der Waals surface area contributed by atoms with Gasteiger partial charge < -0.3 is 25.3 Å². The van der Waals surface area contributed by atoms with Crippen molar-refractivity contribution in [1.29, 1.82) is 0 Å². The average molecular weight is 534 g/mol. The lowest BCUT2D eigenvalue weighted by atomic mass is 10.2. The first-order valence-electron chi connectivity index (χ1n) is 10.4. The molecular weight excluding hydrogens is 510 g/mol. The number of nitrogens with zero attached hydrogens (tertiary/aromatic N) is 1. The minimum Gasteiger partial charge on any atom is -0.495 e. The standard InChI is InChI=1S/C24H24ClN3O7S/c1-33-20-10-6-16(25)12-19(20)28(14-23(29)27-17-7-4-15(5-8-17)24(26)30)36(31,32)18-9-11-21(34-2)22(13-18)35-3/h4-13H,14H2,1-3H3,(H2,26,30)(H,27,29). The van der Waals surface area contributed by atoms with Gasteiger partial charge in [-0.25, -0.2) is 8.42 Å². The van der Waals surface area contributed by atoms with Gasteiger partial charge in [0.25, 0.3) is 10.0 Å². The lowest BCUT2D eigenvalue weighted by Gasteiger charge is -2.26. The number of ether oxygens (including phenoxy) is 3. The summed E-state index contributed by atoms with van der Waals surface area (Å²) >= 11 is 6.16. The number of hydrogen-bond acceptors (Lipinski definition) is 7. The molecule has 0 bridgehead atoms. The zero-order valence-corrected chi connectivity index (χ0v) is 21.2. The fourth-order valence-corrected chi connectivity index (χ4v) is 4.92. The van der Waals surface area contributed by atoms with E-state index < -0.39 is 28.4 Å². The molecule has 3 aromatic rings. The van der Waals surface area contributed by atoms with Crippen LogP contribution in [0.15, 0.2) is 65.6 Å². The van der Waals surface area contributed by atoms with Crippen molar-refractivity contribution in [3.05, 3.63) is 71.2 Å². The van der Waals surface area contributed by atoms with Gasteiger partial charge in [0.05, 0.1) is 31.9 Å². The van der Waals surface area contributed by atoms with Crippen LogP contribution in [-0.4, -0.2) is 48.1 Å². The van der Waals surface area contributed by atoms with E-state index in [0.717, 1.165) is 4.31 Å². The molecule has 0 saturated heterocycles. The third kappa shape index (κ3) is 5.81. The molecule has 2 amide bonds. The molecule has 0 fully saturated rings. The molecule has 3 aromatic carbocycles. The lowest BCUT2D eigenvalue weighted by Crippen LogP contribution is -2.38. The molecule has 0 aliphatic carbocycles. The van der Waals surface area contributed by atoms with Crippen molar-refractivity contribution in [3.8, 4) is 17.2 Å². The normalized spacial score (nSPS) is 10.9. The maximum absolute atomic E-state index is 13.8. The number of nitrogens with one attached hydrogen (secondary N) is 1. The van der Waals surface area contributed by atoms with Crippen LogP contribution in [0.2, 0.25) is 5.02 Å². The number of primary amides is 1. The highest BCUT2D eigenvalue weighted by atomic mass is 35.5. The van der Waals surface area contributed by atoms with Crippen LogP contribution < -0.4 is 29.6 Å². The molecule has 0 aliphatic heterocycles. The number of nitrogens with two attached hydrogens (primary N) is 1. The second kappa shape index (κ2) is 11.2. The van der Waals surface area contributed by atoms with E-state index in [-0.39, 0.29) is 32.7 Å². The fourth-order valence-electron chi connectivity index (χ4n) is 3.31. The van der Waals surface area contributed by atoms with Crippen molar-refractivity contribution < 1.29 is 32.2 Å². The van der Waals surface area contributed by atoms with Crippen molar-refractivity contribution in [3.63, 3.8) is 0 Å². The third-order valence-corrected chi connectivity index (χ3v) is 7.08. The van der Waals surface area contributed by atoms with Crippen LogP contribution in [0, 0.1) is 0 Å². The smallest absolute Gasteiger partial charge is 0.265 e. The molecule has 10 nitrogen and oxygen atoms in total. The predicted octanol–water partition coefficient (Wildman–Crippen LogP) is 3.30. The van der Waals surface area contributed by atoms with Gasteiger partial charge in [0.15, 0.2) is 11.5 Å². The third-order valence-electron chi connectivity index (χ3n) is 5.09. The quantitative estimate of drug-likeness (QED) is 0.408. The zero-order chi connectivity index (χ0) is 26.5. The van der Waals surface area contributed by atoms with Gasteiger partial charge in [-0.1, -0.05) is 11.6 Å². The Labute approximate surface area is 213 Å². The zero-order valence-electron chi connectivity index (χ0n) is 19.6. The van der Waals surface area contributed by atoms with Gasteiger partial charge in [0, 0.05) is 22.3 Å². The van der Waals surface area contributed by atoms with E-state index >= 15 is 0 Å². The van der Waals surface area contributed by atoms with Crippen molar-refractivity contribution >= 4 is 44.8 Å². The molecule has 0 saturated carbocycles. The van der Waals surface area contributed by atoms with Crippen molar-refractivity contribution in [2.75, 3.05) is 37.5 Å². The Morgan fingerprint density at radius 3 is 2.08 bits per heavy atom. The van der Waals surface area contributed by atoms with Gasteiger partial charge in [0.1, 0.15) is 12.3 Å². The predicted molar refractivity (Wildman–Crippen MR) is 136 cm³/mol.